The molecule has 0 aliphatic heterocycles. The van der Waals surface area contributed by atoms with E-state index in [-0.39, 0.29) is 17.6 Å². The Hall–Kier alpha value is -3.80. The summed E-state index contributed by atoms with van der Waals surface area (Å²) in [6, 6.07) is 20.7. The quantitative estimate of drug-likeness (QED) is 0.203. The number of rotatable bonds is 12. The lowest BCUT2D eigenvalue weighted by molar-refractivity contribution is -0.131. The van der Waals surface area contributed by atoms with Crippen LogP contribution in [0.4, 0.5) is 4.39 Å². The summed E-state index contributed by atoms with van der Waals surface area (Å²) in [5.41, 5.74) is 4.11. The van der Waals surface area contributed by atoms with Crippen LogP contribution in [0.3, 0.4) is 0 Å². The van der Waals surface area contributed by atoms with Gasteiger partial charge in [0.25, 0.3) is 0 Å². The van der Waals surface area contributed by atoms with Crippen molar-refractivity contribution in [2.45, 2.75) is 45.6 Å². The first kappa shape index (κ1) is 27.2. The summed E-state index contributed by atoms with van der Waals surface area (Å²) in [6.45, 7) is 6.29. The molecule has 6 heteroatoms. The van der Waals surface area contributed by atoms with E-state index in [1.54, 1.807) is 14.2 Å². The molecule has 0 aliphatic carbocycles. The summed E-state index contributed by atoms with van der Waals surface area (Å²) < 4.78 is 26.9. The lowest BCUT2D eigenvalue weighted by Crippen LogP contribution is -2.33. The summed E-state index contributed by atoms with van der Waals surface area (Å²) in [7, 11) is 3.27. The van der Waals surface area contributed by atoms with Gasteiger partial charge in [0.05, 0.1) is 14.2 Å². The van der Waals surface area contributed by atoms with Gasteiger partial charge in [-0.15, -0.1) is 0 Å². The minimum absolute atomic E-state index is 0.135. The highest BCUT2D eigenvalue weighted by Crippen LogP contribution is 2.38. The summed E-state index contributed by atoms with van der Waals surface area (Å²) >= 11 is 0. The molecule has 38 heavy (non-hydrogen) atoms. The number of carbonyl (C=O) groups is 1. The molecule has 0 saturated carbocycles. The van der Waals surface area contributed by atoms with Gasteiger partial charge in [0.15, 0.2) is 0 Å². The highest BCUT2D eigenvalue weighted by Gasteiger charge is 2.26. The largest absolute Gasteiger partial charge is 0.497 e. The van der Waals surface area contributed by atoms with Gasteiger partial charge in [-0.1, -0.05) is 44.2 Å². The normalized spacial score (nSPS) is 11.9. The Labute approximate surface area is 224 Å². The Kier molecular flexibility index (Phi) is 9.06. The molecular formula is C32H37FN2O3. The molecule has 1 heterocycles. The molecule has 0 radical (unpaired) electrons. The number of hydrogen-bond donors (Lipinski definition) is 0. The number of aromatic nitrogens is 1. The van der Waals surface area contributed by atoms with Crippen LogP contribution in [-0.2, 0) is 11.3 Å². The maximum atomic E-state index is 13.7. The first-order valence-electron chi connectivity index (χ1n) is 13.3. The minimum Gasteiger partial charge on any atom is -0.497 e. The number of fused-ring (bicyclic) bond motifs is 1. The van der Waals surface area contributed by atoms with Crippen molar-refractivity contribution in [1.29, 1.82) is 0 Å². The third kappa shape index (κ3) is 6.18. The second kappa shape index (κ2) is 12.6. The standard InChI is InChI=1S/C32H37FN2O3/c1-5-15-34(16-6-2)32(36)20-29(24-17-26(37-3)19-27(18-24)38-4)30-22-35(31-10-8-7-9-28(30)31)21-23-11-13-25(33)14-12-23/h7-14,17-19,22,29H,5-6,15-16,20-21H2,1-4H3/t29-/m1/s1. The van der Waals surface area contributed by atoms with Crippen LogP contribution in [0.2, 0.25) is 0 Å². The molecule has 5 nitrogen and oxygen atoms in total. The summed E-state index contributed by atoms with van der Waals surface area (Å²) in [4.78, 5) is 15.7. The van der Waals surface area contributed by atoms with E-state index < -0.39 is 0 Å². The fourth-order valence-electron chi connectivity index (χ4n) is 5.11. The minimum atomic E-state index is -0.249. The van der Waals surface area contributed by atoms with Crippen LogP contribution >= 0.6 is 0 Å². The number of methoxy groups -OCH3 is 2. The maximum Gasteiger partial charge on any atom is 0.223 e. The second-order valence-corrected chi connectivity index (χ2v) is 9.64. The molecule has 0 fully saturated rings. The van der Waals surface area contributed by atoms with Crippen LogP contribution in [0.1, 0.15) is 55.7 Å². The molecule has 4 rings (SSSR count). The molecule has 0 aliphatic rings. The summed E-state index contributed by atoms with van der Waals surface area (Å²) in [5.74, 6) is 1.05. The third-order valence-electron chi connectivity index (χ3n) is 6.96. The van der Waals surface area contributed by atoms with Crippen molar-refractivity contribution in [1.82, 2.24) is 9.47 Å². The first-order valence-corrected chi connectivity index (χ1v) is 13.3. The van der Waals surface area contributed by atoms with Crippen LogP contribution in [0, 0.1) is 5.82 Å². The van der Waals surface area contributed by atoms with Gasteiger partial charge in [-0.25, -0.2) is 4.39 Å². The lowest BCUT2D eigenvalue weighted by Gasteiger charge is -2.25. The van der Waals surface area contributed by atoms with Crippen LogP contribution in [-0.4, -0.2) is 42.7 Å². The van der Waals surface area contributed by atoms with E-state index in [9.17, 15) is 9.18 Å². The van der Waals surface area contributed by atoms with Crippen molar-refractivity contribution in [3.8, 4) is 11.5 Å². The first-order chi connectivity index (χ1) is 18.5. The van der Waals surface area contributed by atoms with Gasteiger partial charge in [0.2, 0.25) is 5.91 Å². The highest BCUT2D eigenvalue weighted by atomic mass is 19.1. The molecule has 0 bridgehead atoms. The van der Waals surface area contributed by atoms with Crippen LogP contribution < -0.4 is 9.47 Å². The predicted molar refractivity (Wildman–Crippen MR) is 151 cm³/mol. The van der Waals surface area contributed by atoms with E-state index >= 15 is 0 Å². The number of hydrogen-bond acceptors (Lipinski definition) is 3. The monoisotopic (exact) mass is 516 g/mol. The highest BCUT2D eigenvalue weighted by molar-refractivity contribution is 5.87. The van der Waals surface area contributed by atoms with E-state index in [4.69, 9.17) is 9.47 Å². The van der Waals surface area contributed by atoms with Crippen molar-refractivity contribution in [3.05, 3.63) is 95.4 Å². The molecule has 1 aromatic heterocycles. The Morgan fingerprint density at radius 3 is 2.16 bits per heavy atom. The van der Waals surface area contributed by atoms with Gasteiger partial charge >= 0.3 is 0 Å². The fraction of sp³-hybridized carbons (Fsp3) is 0.344. The molecule has 1 atom stereocenters. The molecule has 0 saturated heterocycles. The summed E-state index contributed by atoms with van der Waals surface area (Å²) in [5, 5.41) is 1.09. The number of halogens is 1. The number of ether oxygens (including phenoxy) is 2. The zero-order valence-electron chi connectivity index (χ0n) is 22.7. The van der Waals surface area contributed by atoms with Crippen molar-refractivity contribution >= 4 is 16.8 Å². The number of para-hydroxylation sites is 1. The van der Waals surface area contributed by atoms with E-state index in [0.717, 1.165) is 53.5 Å². The van der Waals surface area contributed by atoms with Crippen molar-refractivity contribution in [2.24, 2.45) is 0 Å². The lowest BCUT2D eigenvalue weighted by atomic mass is 9.87. The number of benzene rings is 3. The fourth-order valence-corrected chi connectivity index (χ4v) is 5.11. The van der Waals surface area contributed by atoms with Crippen molar-refractivity contribution in [3.63, 3.8) is 0 Å². The smallest absolute Gasteiger partial charge is 0.223 e. The Morgan fingerprint density at radius 2 is 1.55 bits per heavy atom. The zero-order valence-corrected chi connectivity index (χ0v) is 22.7. The molecule has 0 unspecified atom stereocenters. The molecule has 0 spiro atoms. The average molecular weight is 517 g/mol. The topological polar surface area (TPSA) is 43.7 Å². The van der Waals surface area contributed by atoms with Gasteiger partial charge in [-0.3, -0.25) is 4.79 Å². The average Bonchev–Trinajstić information content (AvgIpc) is 3.30. The Bertz CT molecular complexity index is 1330. The zero-order chi connectivity index (χ0) is 27.1. The van der Waals surface area contributed by atoms with Crippen LogP contribution in [0.25, 0.3) is 10.9 Å². The molecule has 0 N–H and O–H groups in total. The van der Waals surface area contributed by atoms with Gasteiger partial charge in [0.1, 0.15) is 17.3 Å². The van der Waals surface area contributed by atoms with E-state index in [0.29, 0.717) is 24.5 Å². The number of carbonyl (C=O) groups excluding carboxylic acids is 1. The predicted octanol–water partition coefficient (Wildman–Crippen LogP) is 7.02. The SMILES string of the molecule is CCCN(CCC)C(=O)C[C@H](c1cc(OC)cc(OC)c1)c1cn(Cc2ccc(F)cc2)c2ccccc12. The number of amides is 1. The number of nitrogens with zero attached hydrogens (tertiary/aromatic N) is 2. The molecule has 4 aromatic rings. The summed E-state index contributed by atoms with van der Waals surface area (Å²) in [6.07, 6.45) is 4.31. The van der Waals surface area contributed by atoms with Gasteiger partial charge in [-0.05, 0) is 59.9 Å². The Morgan fingerprint density at radius 1 is 0.921 bits per heavy atom. The van der Waals surface area contributed by atoms with Gasteiger partial charge in [-0.2, -0.15) is 0 Å². The molecule has 200 valence electrons. The molecular weight excluding hydrogens is 479 g/mol. The van der Waals surface area contributed by atoms with Crippen molar-refractivity contribution < 1.29 is 18.7 Å². The van der Waals surface area contributed by atoms with E-state index in [1.807, 2.05) is 47.4 Å². The van der Waals surface area contributed by atoms with Crippen molar-refractivity contribution in [2.75, 3.05) is 27.3 Å². The van der Waals surface area contributed by atoms with Crippen LogP contribution in [0.5, 0.6) is 11.5 Å². The molecule has 3 aromatic carbocycles. The van der Waals surface area contributed by atoms with E-state index in [1.165, 1.54) is 12.1 Å². The maximum absolute atomic E-state index is 13.7. The molecule has 1 amide bonds. The third-order valence-corrected chi connectivity index (χ3v) is 6.96. The Balaban J connectivity index is 1.83. The second-order valence-electron chi connectivity index (χ2n) is 9.64. The van der Waals surface area contributed by atoms with Crippen LogP contribution in [0.15, 0.2) is 72.9 Å². The van der Waals surface area contributed by atoms with E-state index in [2.05, 4.69) is 36.7 Å². The van der Waals surface area contributed by atoms with Gasteiger partial charge < -0.3 is 18.9 Å². The van der Waals surface area contributed by atoms with Gasteiger partial charge in [0, 0.05) is 55.1 Å².